The predicted molar refractivity (Wildman–Crippen MR) is 108 cm³/mol. The maximum Gasteiger partial charge on any atom is 0.132 e. The molecule has 3 aliphatic rings. The van der Waals surface area contributed by atoms with Crippen molar-refractivity contribution in [2.24, 2.45) is 10.7 Å². The Morgan fingerprint density at radius 2 is 2.12 bits per heavy atom. The van der Waals surface area contributed by atoms with Gasteiger partial charge in [-0.15, -0.1) is 0 Å². The average molecular weight is 354 g/mol. The molecule has 4 rings (SSSR count). The average Bonchev–Trinajstić information content (AvgIpc) is 2.57. The number of hydrogen-bond acceptors (Lipinski definition) is 5. The van der Waals surface area contributed by atoms with Crippen LogP contribution in [0.5, 0.6) is 5.75 Å². The number of hydrogen-bond donors (Lipinski definition) is 2. The third-order valence-corrected chi connectivity index (χ3v) is 6.10. The molecule has 5 heteroatoms. The standard InChI is InChI=1S/C21H30N4O/c1-14-6-7-19-20(25(14)2)9-8-18(21(19)26-17-4-3-5-17)15(10-22)11-24-16-12-23-13-16/h8-11,14,16-17,23H,3-7,12-13,22H2,1-2H3. The minimum absolute atomic E-state index is 0.344. The summed E-state index contributed by atoms with van der Waals surface area (Å²) in [5.41, 5.74) is 10.6. The first-order valence-electron chi connectivity index (χ1n) is 9.89. The minimum Gasteiger partial charge on any atom is -0.489 e. The number of nitrogens with zero attached hydrogens (tertiary/aromatic N) is 2. The number of benzene rings is 1. The molecule has 0 aromatic heterocycles. The quantitative estimate of drug-likeness (QED) is 0.798. The molecule has 26 heavy (non-hydrogen) atoms. The fraction of sp³-hybridized carbons (Fsp3) is 0.571. The van der Waals surface area contributed by atoms with E-state index in [1.807, 2.05) is 6.21 Å². The zero-order chi connectivity index (χ0) is 18.1. The fourth-order valence-corrected chi connectivity index (χ4v) is 3.76. The number of ether oxygens (including phenoxy) is 1. The van der Waals surface area contributed by atoms with Crippen molar-refractivity contribution in [3.63, 3.8) is 0 Å². The van der Waals surface area contributed by atoms with Gasteiger partial charge >= 0.3 is 0 Å². The zero-order valence-corrected chi connectivity index (χ0v) is 15.9. The summed E-state index contributed by atoms with van der Waals surface area (Å²) < 4.78 is 6.50. The number of nitrogens with one attached hydrogen (secondary N) is 1. The maximum absolute atomic E-state index is 6.50. The van der Waals surface area contributed by atoms with E-state index in [0.717, 1.165) is 55.7 Å². The Balaban J connectivity index is 1.71. The van der Waals surface area contributed by atoms with Crippen molar-refractivity contribution in [1.82, 2.24) is 5.32 Å². The summed E-state index contributed by atoms with van der Waals surface area (Å²) in [7, 11) is 2.18. The highest BCUT2D eigenvalue weighted by Gasteiger charge is 2.28. The Bertz CT molecular complexity index is 719. The van der Waals surface area contributed by atoms with Crippen LogP contribution in [0, 0.1) is 0 Å². The number of allylic oxidation sites excluding steroid dienone is 1. The molecule has 0 amide bonds. The fourth-order valence-electron chi connectivity index (χ4n) is 3.76. The molecule has 2 aliphatic heterocycles. The molecule has 2 fully saturated rings. The Morgan fingerprint density at radius 1 is 1.31 bits per heavy atom. The maximum atomic E-state index is 6.50. The van der Waals surface area contributed by atoms with Crippen molar-refractivity contribution in [2.45, 2.75) is 57.2 Å². The Labute approximate surface area is 156 Å². The second-order valence-electron chi connectivity index (χ2n) is 7.82. The summed E-state index contributed by atoms with van der Waals surface area (Å²) in [6.07, 6.45) is 9.71. The van der Waals surface area contributed by atoms with Crippen molar-refractivity contribution in [2.75, 3.05) is 25.0 Å². The largest absolute Gasteiger partial charge is 0.489 e. The molecule has 5 nitrogen and oxygen atoms in total. The first-order valence-corrected chi connectivity index (χ1v) is 9.89. The van der Waals surface area contributed by atoms with Crippen LogP contribution in [0.3, 0.4) is 0 Å². The monoisotopic (exact) mass is 354 g/mol. The molecular formula is C21H30N4O. The van der Waals surface area contributed by atoms with Gasteiger partial charge < -0.3 is 20.7 Å². The lowest BCUT2D eigenvalue weighted by molar-refractivity contribution is 0.118. The third kappa shape index (κ3) is 3.20. The van der Waals surface area contributed by atoms with Gasteiger partial charge in [-0.1, -0.05) is 0 Å². The summed E-state index contributed by atoms with van der Waals surface area (Å²) >= 11 is 0. The first-order chi connectivity index (χ1) is 12.7. The van der Waals surface area contributed by atoms with Crippen molar-refractivity contribution >= 4 is 17.5 Å². The van der Waals surface area contributed by atoms with Crippen LogP contribution >= 0.6 is 0 Å². The predicted octanol–water partition coefficient (Wildman–Crippen LogP) is 2.73. The van der Waals surface area contributed by atoms with Crippen LogP contribution < -0.4 is 20.7 Å². The topological polar surface area (TPSA) is 62.9 Å². The third-order valence-electron chi connectivity index (χ3n) is 6.10. The number of nitrogens with two attached hydrogens (primary N) is 1. The van der Waals surface area contributed by atoms with E-state index in [2.05, 4.69) is 41.3 Å². The summed E-state index contributed by atoms with van der Waals surface area (Å²) in [5, 5.41) is 3.25. The highest BCUT2D eigenvalue weighted by Crippen LogP contribution is 2.42. The van der Waals surface area contributed by atoms with Crippen LogP contribution in [-0.4, -0.2) is 44.5 Å². The van der Waals surface area contributed by atoms with E-state index < -0.39 is 0 Å². The summed E-state index contributed by atoms with van der Waals surface area (Å²) in [6, 6.07) is 5.30. The molecule has 2 heterocycles. The normalized spacial score (nSPS) is 24.3. The minimum atomic E-state index is 0.344. The van der Waals surface area contributed by atoms with Gasteiger partial charge in [0, 0.05) is 61.0 Å². The first kappa shape index (κ1) is 17.4. The van der Waals surface area contributed by atoms with Crippen LogP contribution in [0.25, 0.3) is 5.57 Å². The molecule has 1 saturated heterocycles. The lowest BCUT2D eigenvalue weighted by Gasteiger charge is -2.37. The van der Waals surface area contributed by atoms with Crippen molar-refractivity contribution in [3.8, 4) is 5.75 Å². The molecule has 1 atom stereocenters. The molecule has 3 N–H and O–H groups in total. The molecule has 1 saturated carbocycles. The summed E-state index contributed by atoms with van der Waals surface area (Å²) in [5.74, 6) is 1.03. The molecule has 1 aliphatic carbocycles. The van der Waals surface area contributed by atoms with Crippen molar-refractivity contribution in [1.29, 1.82) is 0 Å². The van der Waals surface area contributed by atoms with E-state index in [9.17, 15) is 0 Å². The van der Waals surface area contributed by atoms with E-state index in [0.29, 0.717) is 18.2 Å². The molecule has 140 valence electrons. The SMILES string of the molecule is CC1CCc2c(ccc(C(C=NC3CNC3)=CN)c2OC2CCC2)N1C. The zero-order valence-electron chi connectivity index (χ0n) is 15.9. The van der Waals surface area contributed by atoms with E-state index in [4.69, 9.17) is 10.5 Å². The second kappa shape index (κ2) is 7.31. The molecule has 0 radical (unpaired) electrons. The Hall–Kier alpha value is -2.01. The van der Waals surface area contributed by atoms with Gasteiger partial charge in [0.25, 0.3) is 0 Å². The van der Waals surface area contributed by atoms with Gasteiger partial charge in [0.05, 0.1) is 12.1 Å². The van der Waals surface area contributed by atoms with Crippen LogP contribution in [-0.2, 0) is 6.42 Å². The van der Waals surface area contributed by atoms with Gasteiger partial charge in [0.1, 0.15) is 5.75 Å². The summed E-state index contributed by atoms with van der Waals surface area (Å²) in [4.78, 5) is 7.04. The van der Waals surface area contributed by atoms with Gasteiger partial charge in [-0.05, 0) is 51.2 Å². The molecular weight excluding hydrogens is 324 g/mol. The number of aliphatic imine (C=N–C) groups is 1. The van der Waals surface area contributed by atoms with Crippen LogP contribution in [0.4, 0.5) is 5.69 Å². The molecule has 1 unspecified atom stereocenters. The van der Waals surface area contributed by atoms with Gasteiger partial charge in [0.2, 0.25) is 0 Å². The highest BCUT2D eigenvalue weighted by atomic mass is 16.5. The number of fused-ring (bicyclic) bond motifs is 1. The molecule has 0 spiro atoms. The smallest absolute Gasteiger partial charge is 0.132 e. The second-order valence-corrected chi connectivity index (χ2v) is 7.82. The van der Waals surface area contributed by atoms with Crippen LogP contribution in [0.15, 0.2) is 23.3 Å². The lowest BCUT2D eigenvalue weighted by Crippen LogP contribution is -2.45. The van der Waals surface area contributed by atoms with Crippen molar-refractivity contribution in [3.05, 3.63) is 29.5 Å². The van der Waals surface area contributed by atoms with Crippen molar-refractivity contribution < 1.29 is 4.74 Å². The van der Waals surface area contributed by atoms with E-state index in [1.54, 1.807) is 6.20 Å². The molecule has 1 aromatic rings. The number of anilines is 1. The number of rotatable bonds is 5. The Kier molecular flexibility index (Phi) is 4.90. The summed E-state index contributed by atoms with van der Waals surface area (Å²) in [6.45, 7) is 4.19. The van der Waals surface area contributed by atoms with Gasteiger partial charge in [-0.3, -0.25) is 4.99 Å². The molecule has 1 aromatic carbocycles. The van der Waals surface area contributed by atoms with E-state index >= 15 is 0 Å². The van der Waals surface area contributed by atoms with Gasteiger partial charge in [-0.25, -0.2) is 0 Å². The van der Waals surface area contributed by atoms with E-state index in [-0.39, 0.29) is 0 Å². The lowest BCUT2D eigenvalue weighted by atomic mass is 9.91. The van der Waals surface area contributed by atoms with Crippen LogP contribution in [0.1, 0.15) is 43.7 Å². The molecule has 0 bridgehead atoms. The van der Waals surface area contributed by atoms with Crippen LogP contribution in [0.2, 0.25) is 0 Å². The highest BCUT2D eigenvalue weighted by molar-refractivity contribution is 6.11. The van der Waals surface area contributed by atoms with Gasteiger partial charge in [-0.2, -0.15) is 0 Å². The van der Waals surface area contributed by atoms with E-state index in [1.165, 1.54) is 17.7 Å². The Morgan fingerprint density at radius 3 is 2.73 bits per heavy atom. The van der Waals surface area contributed by atoms with Gasteiger partial charge in [0.15, 0.2) is 0 Å².